The molecule has 1 aromatic heterocycles. The van der Waals surface area contributed by atoms with E-state index in [-0.39, 0.29) is 18.4 Å². The number of benzene rings is 1. The third-order valence-electron chi connectivity index (χ3n) is 3.44. The van der Waals surface area contributed by atoms with Gasteiger partial charge in [0, 0.05) is 27.5 Å². The predicted molar refractivity (Wildman–Crippen MR) is 104 cm³/mol. The highest BCUT2D eigenvalue weighted by Gasteiger charge is 2.13. The summed E-state index contributed by atoms with van der Waals surface area (Å²) in [7, 11) is 0. The van der Waals surface area contributed by atoms with Crippen LogP contribution >= 0.6 is 34.5 Å². The van der Waals surface area contributed by atoms with Gasteiger partial charge in [-0.2, -0.15) is 0 Å². The van der Waals surface area contributed by atoms with Gasteiger partial charge in [0.2, 0.25) is 11.8 Å². The van der Waals surface area contributed by atoms with Gasteiger partial charge in [0.05, 0.1) is 13.1 Å². The van der Waals surface area contributed by atoms with Gasteiger partial charge in [0.15, 0.2) is 0 Å². The second kappa shape index (κ2) is 9.61. The molecule has 0 saturated heterocycles. The van der Waals surface area contributed by atoms with Gasteiger partial charge in [-0.15, -0.1) is 11.3 Å². The number of carbonyl (C=O) groups excluding carboxylic acids is 2. The van der Waals surface area contributed by atoms with Crippen molar-refractivity contribution in [2.45, 2.75) is 13.5 Å². The maximum atomic E-state index is 12.3. The molecule has 0 bridgehead atoms. The number of likely N-dealkylation sites (N-methyl/N-ethyl adjacent to an activating group) is 1. The van der Waals surface area contributed by atoms with E-state index in [9.17, 15) is 9.59 Å². The number of nitrogens with one attached hydrogen (secondary N) is 1. The first kappa shape index (κ1) is 19.5. The van der Waals surface area contributed by atoms with Gasteiger partial charge in [-0.05, 0) is 42.1 Å². The fraction of sp³-hybridized carbons (Fsp3) is 0.222. The number of carbonyl (C=O) groups is 2. The molecule has 2 rings (SSSR count). The number of halogens is 2. The molecule has 1 N–H and O–H groups in total. The first-order valence-corrected chi connectivity index (χ1v) is 9.34. The van der Waals surface area contributed by atoms with Crippen LogP contribution in [-0.2, 0) is 16.1 Å². The van der Waals surface area contributed by atoms with Crippen LogP contribution in [0, 0.1) is 0 Å². The van der Waals surface area contributed by atoms with Crippen molar-refractivity contribution in [3.05, 3.63) is 62.3 Å². The van der Waals surface area contributed by atoms with E-state index in [2.05, 4.69) is 5.32 Å². The van der Waals surface area contributed by atoms with Crippen molar-refractivity contribution in [2.24, 2.45) is 0 Å². The van der Waals surface area contributed by atoms with Gasteiger partial charge >= 0.3 is 0 Å². The van der Waals surface area contributed by atoms with Crippen LogP contribution in [0.3, 0.4) is 0 Å². The van der Waals surface area contributed by atoms with Gasteiger partial charge < -0.3 is 10.2 Å². The maximum Gasteiger partial charge on any atom is 0.247 e. The van der Waals surface area contributed by atoms with E-state index in [0.29, 0.717) is 28.7 Å². The standard InChI is InChI=1S/C18H18Cl2N2O2S/c1-2-22(12-17(23)21-11-15-4-3-9-25-15)18(24)8-6-13-5-7-14(19)10-16(13)20/h3-10H,2,11-12H2,1H3,(H,21,23)/b8-6+. The number of hydrogen-bond acceptors (Lipinski definition) is 3. The molecule has 2 aromatic rings. The summed E-state index contributed by atoms with van der Waals surface area (Å²) in [5.74, 6) is -0.443. The number of thiophene rings is 1. The molecule has 132 valence electrons. The Bertz CT molecular complexity index is 760. The fourth-order valence-corrected chi connectivity index (χ4v) is 3.19. The van der Waals surface area contributed by atoms with Crippen molar-refractivity contribution in [2.75, 3.05) is 13.1 Å². The minimum Gasteiger partial charge on any atom is -0.350 e. The van der Waals surface area contributed by atoms with Gasteiger partial charge in [-0.3, -0.25) is 9.59 Å². The van der Waals surface area contributed by atoms with Crippen LogP contribution in [-0.4, -0.2) is 29.8 Å². The second-order valence-corrected chi connectivity index (χ2v) is 7.08. The third kappa shape index (κ3) is 6.20. The van der Waals surface area contributed by atoms with E-state index in [1.54, 1.807) is 35.6 Å². The van der Waals surface area contributed by atoms with E-state index in [1.807, 2.05) is 24.4 Å². The SMILES string of the molecule is CCN(CC(=O)NCc1cccs1)C(=O)/C=C/c1ccc(Cl)cc1Cl. The van der Waals surface area contributed by atoms with E-state index in [4.69, 9.17) is 23.2 Å². The molecule has 1 heterocycles. The van der Waals surface area contributed by atoms with Crippen molar-refractivity contribution in [3.8, 4) is 0 Å². The maximum absolute atomic E-state index is 12.3. The summed E-state index contributed by atoms with van der Waals surface area (Å²) >= 11 is 13.5. The summed E-state index contributed by atoms with van der Waals surface area (Å²) in [5.41, 5.74) is 0.692. The molecule has 2 amide bonds. The summed E-state index contributed by atoms with van der Waals surface area (Å²) < 4.78 is 0. The largest absolute Gasteiger partial charge is 0.350 e. The smallest absolute Gasteiger partial charge is 0.247 e. The Balaban J connectivity index is 1.91. The van der Waals surface area contributed by atoms with E-state index < -0.39 is 0 Å². The second-order valence-electron chi connectivity index (χ2n) is 5.21. The van der Waals surface area contributed by atoms with Gasteiger partial charge in [0.1, 0.15) is 0 Å². The third-order valence-corrected chi connectivity index (χ3v) is 4.87. The molecule has 0 spiro atoms. The highest BCUT2D eigenvalue weighted by atomic mass is 35.5. The Morgan fingerprint density at radius 2 is 2.08 bits per heavy atom. The van der Waals surface area contributed by atoms with Crippen LogP contribution < -0.4 is 5.32 Å². The number of amides is 2. The lowest BCUT2D eigenvalue weighted by Crippen LogP contribution is -2.39. The molecule has 0 radical (unpaired) electrons. The number of nitrogens with zero attached hydrogens (tertiary/aromatic N) is 1. The average molecular weight is 397 g/mol. The molecule has 0 atom stereocenters. The first-order chi connectivity index (χ1) is 12.0. The van der Waals surface area contributed by atoms with Crippen molar-refractivity contribution in [1.29, 1.82) is 0 Å². The normalized spacial score (nSPS) is 10.8. The molecule has 0 saturated carbocycles. The lowest BCUT2D eigenvalue weighted by molar-refractivity contribution is -0.132. The highest BCUT2D eigenvalue weighted by molar-refractivity contribution is 7.09. The average Bonchev–Trinajstić information content (AvgIpc) is 3.10. The molecule has 0 fully saturated rings. The zero-order valence-electron chi connectivity index (χ0n) is 13.7. The molecular weight excluding hydrogens is 379 g/mol. The summed E-state index contributed by atoms with van der Waals surface area (Å²) in [4.78, 5) is 26.8. The molecule has 4 nitrogen and oxygen atoms in total. The van der Waals surface area contributed by atoms with Gasteiger partial charge in [-0.25, -0.2) is 0 Å². The summed E-state index contributed by atoms with van der Waals surface area (Å²) in [6.45, 7) is 2.75. The van der Waals surface area contributed by atoms with Crippen LogP contribution in [0.25, 0.3) is 6.08 Å². The summed E-state index contributed by atoms with van der Waals surface area (Å²) in [5, 5.41) is 5.77. The van der Waals surface area contributed by atoms with Gasteiger partial charge in [0.25, 0.3) is 0 Å². The van der Waals surface area contributed by atoms with E-state index in [0.717, 1.165) is 4.88 Å². The molecule has 0 aliphatic rings. The van der Waals surface area contributed by atoms with Crippen molar-refractivity contribution in [1.82, 2.24) is 10.2 Å². The molecular formula is C18H18Cl2N2O2S. The molecule has 25 heavy (non-hydrogen) atoms. The zero-order valence-corrected chi connectivity index (χ0v) is 16.0. The Labute approximate surface area is 161 Å². The number of rotatable bonds is 7. The van der Waals surface area contributed by atoms with E-state index >= 15 is 0 Å². The molecule has 1 aromatic carbocycles. The van der Waals surface area contributed by atoms with E-state index in [1.165, 1.54) is 11.0 Å². The highest BCUT2D eigenvalue weighted by Crippen LogP contribution is 2.22. The van der Waals surface area contributed by atoms with Crippen LogP contribution in [0.1, 0.15) is 17.4 Å². The minimum atomic E-state index is -0.250. The zero-order chi connectivity index (χ0) is 18.2. The topological polar surface area (TPSA) is 49.4 Å². The van der Waals surface area contributed by atoms with Crippen LogP contribution in [0.5, 0.6) is 0 Å². The lowest BCUT2D eigenvalue weighted by atomic mass is 10.2. The molecule has 0 aliphatic heterocycles. The molecule has 7 heteroatoms. The van der Waals surface area contributed by atoms with Crippen LogP contribution in [0.4, 0.5) is 0 Å². The van der Waals surface area contributed by atoms with Gasteiger partial charge in [-0.1, -0.05) is 35.3 Å². The van der Waals surface area contributed by atoms with Crippen molar-refractivity contribution >= 4 is 52.4 Å². The number of hydrogen-bond donors (Lipinski definition) is 1. The fourth-order valence-electron chi connectivity index (χ4n) is 2.08. The Morgan fingerprint density at radius 3 is 2.72 bits per heavy atom. The Morgan fingerprint density at radius 1 is 1.28 bits per heavy atom. The van der Waals surface area contributed by atoms with Crippen molar-refractivity contribution in [3.63, 3.8) is 0 Å². The molecule has 0 unspecified atom stereocenters. The molecule has 0 aliphatic carbocycles. The lowest BCUT2D eigenvalue weighted by Gasteiger charge is -2.18. The van der Waals surface area contributed by atoms with Crippen LogP contribution in [0.2, 0.25) is 10.0 Å². The summed E-state index contributed by atoms with van der Waals surface area (Å²) in [6.07, 6.45) is 3.03. The summed E-state index contributed by atoms with van der Waals surface area (Å²) in [6, 6.07) is 8.93. The monoisotopic (exact) mass is 396 g/mol. The quantitative estimate of drug-likeness (QED) is 0.711. The van der Waals surface area contributed by atoms with Crippen molar-refractivity contribution < 1.29 is 9.59 Å². The van der Waals surface area contributed by atoms with Crippen LogP contribution in [0.15, 0.2) is 41.8 Å². The minimum absolute atomic E-state index is 0.0133. The predicted octanol–water partition coefficient (Wildman–Crippen LogP) is 4.23. The Kier molecular flexibility index (Phi) is 7.50. The first-order valence-electron chi connectivity index (χ1n) is 7.70. The Hall–Kier alpha value is -1.82.